The number of aryl methyl sites for hydroxylation is 1. The lowest BCUT2D eigenvalue weighted by Gasteiger charge is -2.29. The number of hydrogen-bond donors (Lipinski definition) is 1. The Bertz CT molecular complexity index is 1030. The third-order valence-corrected chi connectivity index (χ3v) is 4.80. The maximum Gasteiger partial charge on any atom is 0.410 e. The lowest BCUT2D eigenvalue weighted by Crippen LogP contribution is -2.40. The van der Waals surface area contributed by atoms with Crippen LogP contribution in [-0.4, -0.2) is 43.7 Å². The monoisotopic (exact) mass is 435 g/mol. The predicted octanol–water partition coefficient (Wildman–Crippen LogP) is 3.53. The van der Waals surface area contributed by atoms with E-state index in [1.807, 2.05) is 0 Å². The highest BCUT2D eigenvalue weighted by Gasteiger charge is 2.31. The summed E-state index contributed by atoms with van der Waals surface area (Å²) < 4.78 is 6.86. The number of ether oxygens (including phenoxy) is 1. The minimum Gasteiger partial charge on any atom is -0.444 e. The fourth-order valence-electron chi connectivity index (χ4n) is 3.17. The summed E-state index contributed by atoms with van der Waals surface area (Å²) in [5.74, 6) is -0.528. The standard InChI is InChI=1S/C19H22ClN5O5/c1-19(2,3)30-18(27)24-8-7-14-12(10-24)16(23(4)22-14)17(26)21-15-9-11(25(28)29)5-6-13(15)20/h5-6,9H,7-8,10H2,1-4H3,(H,21,26). The smallest absolute Gasteiger partial charge is 0.410 e. The SMILES string of the molecule is Cn1nc2c(c1C(=O)Nc1cc([N+](=O)[O-])ccc1Cl)CN(C(=O)OC(C)(C)C)CC2. The van der Waals surface area contributed by atoms with Gasteiger partial charge < -0.3 is 15.0 Å². The number of carbonyl (C=O) groups excluding carboxylic acids is 2. The number of anilines is 1. The van der Waals surface area contributed by atoms with Crippen molar-refractivity contribution in [3.63, 3.8) is 0 Å². The first kappa shape index (κ1) is 21.6. The van der Waals surface area contributed by atoms with E-state index in [-0.39, 0.29) is 28.6 Å². The van der Waals surface area contributed by atoms with Crippen LogP contribution in [0.15, 0.2) is 18.2 Å². The lowest BCUT2D eigenvalue weighted by atomic mass is 10.1. The molecular formula is C19H22ClN5O5. The molecular weight excluding hydrogens is 414 g/mol. The van der Waals surface area contributed by atoms with Gasteiger partial charge in [0.25, 0.3) is 11.6 Å². The van der Waals surface area contributed by atoms with Crippen LogP contribution in [0.2, 0.25) is 5.02 Å². The average molecular weight is 436 g/mol. The maximum absolute atomic E-state index is 13.0. The second-order valence-electron chi connectivity index (χ2n) is 7.92. The van der Waals surface area contributed by atoms with Crippen molar-refractivity contribution >= 4 is 35.0 Å². The summed E-state index contributed by atoms with van der Waals surface area (Å²) in [5, 5.41) is 18.2. The Balaban J connectivity index is 1.86. The van der Waals surface area contributed by atoms with Crippen molar-refractivity contribution < 1.29 is 19.2 Å². The molecule has 160 valence electrons. The number of aromatic nitrogens is 2. The van der Waals surface area contributed by atoms with E-state index in [9.17, 15) is 19.7 Å². The van der Waals surface area contributed by atoms with Gasteiger partial charge >= 0.3 is 6.09 Å². The molecule has 3 rings (SSSR count). The van der Waals surface area contributed by atoms with Crippen LogP contribution in [0.5, 0.6) is 0 Å². The van der Waals surface area contributed by atoms with Crippen molar-refractivity contribution in [3.8, 4) is 0 Å². The number of nitro benzene ring substituents is 1. The Morgan fingerprint density at radius 1 is 1.33 bits per heavy atom. The number of nitrogens with zero attached hydrogens (tertiary/aromatic N) is 4. The summed E-state index contributed by atoms with van der Waals surface area (Å²) in [6.07, 6.45) is 0.0119. The number of benzene rings is 1. The fraction of sp³-hybridized carbons (Fsp3) is 0.421. The first-order valence-corrected chi connectivity index (χ1v) is 9.62. The van der Waals surface area contributed by atoms with Gasteiger partial charge in [-0.15, -0.1) is 0 Å². The summed E-state index contributed by atoms with van der Waals surface area (Å²) >= 11 is 6.09. The Morgan fingerprint density at radius 2 is 2.03 bits per heavy atom. The van der Waals surface area contributed by atoms with E-state index in [1.165, 1.54) is 27.8 Å². The second-order valence-corrected chi connectivity index (χ2v) is 8.33. The fourth-order valence-corrected chi connectivity index (χ4v) is 3.34. The molecule has 10 nitrogen and oxygen atoms in total. The Kier molecular flexibility index (Phi) is 5.71. The minimum atomic E-state index is -0.634. The first-order valence-electron chi connectivity index (χ1n) is 9.24. The normalized spacial score (nSPS) is 13.6. The number of non-ortho nitro benzene ring substituents is 1. The summed E-state index contributed by atoms with van der Waals surface area (Å²) in [5.41, 5.74) is 0.858. The second kappa shape index (κ2) is 7.94. The van der Waals surface area contributed by atoms with Gasteiger partial charge in [0.05, 0.1) is 27.9 Å². The van der Waals surface area contributed by atoms with Crippen LogP contribution in [-0.2, 0) is 24.8 Å². The Morgan fingerprint density at radius 3 is 2.67 bits per heavy atom. The third kappa shape index (κ3) is 4.54. The molecule has 0 saturated heterocycles. The molecule has 2 aromatic rings. The van der Waals surface area contributed by atoms with Gasteiger partial charge in [-0.2, -0.15) is 5.10 Å². The van der Waals surface area contributed by atoms with Gasteiger partial charge in [0, 0.05) is 37.7 Å². The van der Waals surface area contributed by atoms with Crippen LogP contribution in [0.4, 0.5) is 16.2 Å². The highest BCUT2D eigenvalue weighted by Crippen LogP contribution is 2.29. The topological polar surface area (TPSA) is 120 Å². The van der Waals surface area contributed by atoms with Crippen LogP contribution < -0.4 is 5.32 Å². The number of hydrogen-bond acceptors (Lipinski definition) is 6. The molecule has 2 amide bonds. The number of nitro groups is 1. The van der Waals surface area contributed by atoms with Gasteiger partial charge in [0.15, 0.2) is 0 Å². The average Bonchev–Trinajstić information content (AvgIpc) is 2.96. The minimum absolute atomic E-state index is 0.116. The highest BCUT2D eigenvalue weighted by molar-refractivity contribution is 6.34. The molecule has 1 aliphatic heterocycles. The Hall–Kier alpha value is -3.14. The molecule has 1 aromatic heterocycles. The summed E-state index contributed by atoms with van der Waals surface area (Å²) in [4.78, 5) is 37.4. The number of carbonyl (C=O) groups is 2. The lowest BCUT2D eigenvalue weighted by molar-refractivity contribution is -0.384. The van der Waals surface area contributed by atoms with E-state index in [2.05, 4.69) is 10.4 Å². The molecule has 11 heteroatoms. The molecule has 1 N–H and O–H groups in total. The number of amides is 2. The van der Waals surface area contributed by atoms with Crippen LogP contribution in [0.25, 0.3) is 0 Å². The van der Waals surface area contributed by atoms with Gasteiger partial charge in [0.1, 0.15) is 11.3 Å². The maximum atomic E-state index is 13.0. The number of fused-ring (bicyclic) bond motifs is 1. The molecule has 1 aliphatic rings. The molecule has 0 saturated carbocycles. The predicted molar refractivity (Wildman–Crippen MR) is 110 cm³/mol. The zero-order chi connectivity index (χ0) is 22.2. The van der Waals surface area contributed by atoms with Gasteiger partial charge in [0.2, 0.25) is 0 Å². The number of rotatable bonds is 3. The van der Waals surface area contributed by atoms with E-state index >= 15 is 0 Å². The molecule has 0 fully saturated rings. The largest absolute Gasteiger partial charge is 0.444 e. The number of halogens is 1. The summed E-state index contributed by atoms with van der Waals surface area (Å²) in [6.45, 7) is 5.95. The van der Waals surface area contributed by atoms with E-state index in [4.69, 9.17) is 16.3 Å². The van der Waals surface area contributed by atoms with Crippen molar-refractivity contribution in [3.05, 3.63) is 50.3 Å². The summed E-state index contributed by atoms with van der Waals surface area (Å²) in [6, 6.07) is 3.79. The van der Waals surface area contributed by atoms with E-state index in [1.54, 1.807) is 27.8 Å². The molecule has 0 atom stereocenters. The third-order valence-electron chi connectivity index (χ3n) is 4.47. The van der Waals surface area contributed by atoms with E-state index in [0.717, 1.165) is 0 Å². The van der Waals surface area contributed by atoms with Crippen molar-refractivity contribution in [1.29, 1.82) is 0 Å². The van der Waals surface area contributed by atoms with Gasteiger partial charge in [-0.3, -0.25) is 19.6 Å². The molecule has 1 aromatic carbocycles. The van der Waals surface area contributed by atoms with Gasteiger partial charge in [-0.05, 0) is 26.8 Å². The molecule has 30 heavy (non-hydrogen) atoms. The van der Waals surface area contributed by atoms with E-state index in [0.29, 0.717) is 24.2 Å². The van der Waals surface area contributed by atoms with Gasteiger partial charge in [-0.1, -0.05) is 11.6 Å². The quantitative estimate of drug-likeness (QED) is 0.581. The van der Waals surface area contributed by atoms with Crippen molar-refractivity contribution in [1.82, 2.24) is 14.7 Å². The molecule has 0 radical (unpaired) electrons. The van der Waals surface area contributed by atoms with Gasteiger partial charge in [-0.25, -0.2) is 4.79 Å². The molecule has 0 unspecified atom stereocenters. The molecule has 0 aliphatic carbocycles. The molecule has 0 spiro atoms. The van der Waals surface area contributed by atoms with Crippen molar-refractivity contribution in [2.75, 3.05) is 11.9 Å². The van der Waals surface area contributed by atoms with Crippen molar-refractivity contribution in [2.24, 2.45) is 7.05 Å². The van der Waals surface area contributed by atoms with Crippen LogP contribution in [0, 0.1) is 10.1 Å². The first-order chi connectivity index (χ1) is 14.0. The van der Waals surface area contributed by atoms with E-state index < -0.39 is 22.5 Å². The van der Waals surface area contributed by atoms with Crippen LogP contribution >= 0.6 is 11.6 Å². The number of nitrogens with one attached hydrogen (secondary N) is 1. The zero-order valence-corrected chi connectivity index (χ0v) is 17.8. The molecule has 0 bridgehead atoms. The zero-order valence-electron chi connectivity index (χ0n) is 17.1. The molecule has 2 heterocycles. The highest BCUT2D eigenvalue weighted by atomic mass is 35.5. The van der Waals surface area contributed by atoms with Crippen LogP contribution in [0.3, 0.4) is 0 Å². The Labute approximate surface area is 177 Å². The van der Waals surface area contributed by atoms with Crippen molar-refractivity contribution in [2.45, 2.75) is 39.3 Å². The van der Waals surface area contributed by atoms with Crippen LogP contribution in [0.1, 0.15) is 42.5 Å². The summed E-state index contributed by atoms with van der Waals surface area (Å²) in [7, 11) is 1.63.